The van der Waals surface area contributed by atoms with Crippen LogP contribution in [-0.2, 0) is 22.7 Å². The first kappa shape index (κ1) is 14.1. The summed E-state index contributed by atoms with van der Waals surface area (Å²) < 4.78 is 1.19. The molecule has 0 radical (unpaired) electrons. The van der Waals surface area contributed by atoms with E-state index in [1.807, 2.05) is 13.8 Å². The second-order valence-corrected chi connectivity index (χ2v) is 4.29. The third-order valence-corrected chi connectivity index (χ3v) is 2.35. The van der Waals surface area contributed by atoms with Crippen molar-refractivity contribution in [1.82, 2.24) is 20.3 Å². The van der Waals surface area contributed by atoms with Crippen LogP contribution >= 0.6 is 0 Å². The molecule has 8 heteroatoms. The Labute approximate surface area is 104 Å². The monoisotopic (exact) mass is 255 g/mol. The van der Waals surface area contributed by atoms with Crippen LogP contribution < -0.4 is 11.1 Å². The van der Waals surface area contributed by atoms with Crippen molar-refractivity contribution < 1.29 is 14.7 Å². The van der Waals surface area contributed by atoms with Crippen LogP contribution in [0.4, 0.5) is 0 Å². The Bertz CT molecular complexity index is 429. The molecule has 0 saturated heterocycles. The van der Waals surface area contributed by atoms with E-state index in [4.69, 9.17) is 10.8 Å². The quantitative estimate of drug-likeness (QED) is 0.596. The molecule has 1 atom stereocenters. The third-order valence-electron chi connectivity index (χ3n) is 2.35. The minimum Gasteiger partial charge on any atom is -0.480 e. The zero-order valence-corrected chi connectivity index (χ0v) is 10.3. The molecule has 0 spiro atoms. The number of amides is 1. The van der Waals surface area contributed by atoms with E-state index in [-0.39, 0.29) is 24.9 Å². The molecule has 0 aliphatic rings. The zero-order chi connectivity index (χ0) is 13.7. The van der Waals surface area contributed by atoms with Crippen molar-refractivity contribution in [2.75, 3.05) is 0 Å². The van der Waals surface area contributed by atoms with Crippen LogP contribution in [0.2, 0.25) is 0 Å². The number of nitrogens with zero attached hydrogens (tertiary/aromatic N) is 3. The second-order valence-electron chi connectivity index (χ2n) is 4.29. The molecule has 1 rings (SSSR count). The highest BCUT2D eigenvalue weighted by molar-refractivity contribution is 5.81. The van der Waals surface area contributed by atoms with E-state index in [2.05, 4.69) is 15.6 Å². The van der Waals surface area contributed by atoms with E-state index < -0.39 is 12.0 Å². The van der Waals surface area contributed by atoms with Crippen LogP contribution in [-0.4, -0.2) is 38.0 Å². The van der Waals surface area contributed by atoms with Gasteiger partial charge in [0.2, 0.25) is 5.91 Å². The Hall–Kier alpha value is -1.96. The van der Waals surface area contributed by atoms with E-state index in [1.54, 1.807) is 0 Å². The highest BCUT2D eigenvalue weighted by atomic mass is 16.4. The van der Waals surface area contributed by atoms with Gasteiger partial charge in [0.15, 0.2) is 0 Å². The average molecular weight is 255 g/mol. The topological polar surface area (TPSA) is 123 Å². The van der Waals surface area contributed by atoms with Gasteiger partial charge in [-0.25, -0.2) is 4.68 Å². The highest BCUT2D eigenvalue weighted by Crippen LogP contribution is 1.99. The molecule has 1 aromatic heterocycles. The Morgan fingerprint density at radius 1 is 1.56 bits per heavy atom. The largest absolute Gasteiger partial charge is 0.480 e. The lowest BCUT2D eigenvalue weighted by molar-refractivity contribution is -0.138. The SMILES string of the molecule is CC(C)[C@@H](N)C(=O)NCc1cn(CC(=O)O)nn1. The molecule has 1 amide bonds. The summed E-state index contributed by atoms with van der Waals surface area (Å²) in [6.45, 7) is 3.63. The molecule has 100 valence electrons. The van der Waals surface area contributed by atoms with Crippen LogP contribution in [0.15, 0.2) is 6.20 Å². The van der Waals surface area contributed by atoms with E-state index in [0.29, 0.717) is 5.69 Å². The Morgan fingerprint density at radius 3 is 2.78 bits per heavy atom. The number of hydrogen-bond acceptors (Lipinski definition) is 5. The highest BCUT2D eigenvalue weighted by Gasteiger charge is 2.17. The lowest BCUT2D eigenvalue weighted by atomic mass is 10.1. The minimum absolute atomic E-state index is 0.0488. The first-order valence-corrected chi connectivity index (χ1v) is 5.54. The van der Waals surface area contributed by atoms with Gasteiger partial charge in [0, 0.05) is 0 Å². The van der Waals surface area contributed by atoms with E-state index in [0.717, 1.165) is 0 Å². The van der Waals surface area contributed by atoms with Crippen LogP contribution in [0, 0.1) is 5.92 Å². The first-order valence-electron chi connectivity index (χ1n) is 5.54. The van der Waals surface area contributed by atoms with Gasteiger partial charge in [-0.3, -0.25) is 9.59 Å². The molecule has 0 aliphatic carbocycles. The fourth-order valence-corrected chi connectivity index (χ4v) is 1.23. The van der Waals surface area contributed by atoms with Gasteiger partial charge in [-0.2, -0.15) is 0 Å². The fraction of sp³-hybridized carbons (Fsp3) is 0.600. The summed E-state index contributed by atoms with van der Waals surface area (Å²) in [4.78, 5) is 22.0. The Kier molecular flexibility index (Phi) is 4.78. The molecule has 0 unspecified atom stereocenters. The molecule has 1 aromatic rings. The normalized spacial score (nSPS) is 12.4. The standard InChI is InChI=1S/C10H17N5O3/c1-6(2)9(11)10(18)12-3-7-4-15(14-13-7)5-8(16)17/h4,6,9H,3,5,11H2,1-2H3,(H,12,18)(H,16,17)/t9-/m1/s1. The molecule has 0 bridgehead atoms. The van der Waals surface area contributed by atoms with Gasteiger partial charge in [-0.1, -0.05) is 19.1 Å². The van der Waals surface area contributed by atoms with Crippen LogP contribution in [0.5, 0.6) is 0 Å². The molecule has 0 saturated carbocycles. The lowest BCUT2D eigenvalue weighted by Crippen LogP contribution is -2.43. The van der Waals surface area contributed by atoms with Crippen molar-refractivity contribution in [3.05, 3.63) is 11.9 Å². The Morgan fingerprint density at radius 2 is 2.22 bits per heavy atom. The number of rotatable bonds is 6. The number of carbonyl (C=O) groups excluding carboxylic acids is 1. The molecule has 0 fully saturated rings. The van der Waals surface area contributed by atoms with Crippen molar-refractivity contribution in [3.63, 3.8) is 0 Å². The number of aromatic nitrogens is 3. The predicted octanol–water partition coefficient (Wildman–Crippen LogP) is -1.04. The maximum Gasteiger partial charge on any atom is 0.325 e. The number of aliphatic carboxylic acids is 1. The van der Waals surface area contributed by atoms with E-state index in [1.165, 1.54) is 10.9 Å². The summed E-state index contributed by atoms with van der Waals surface area (Å²) in [5.74, 6) is -1.22. The van der Waals surface area contributed by atoms with Gasteiger partial charge in [0.05, 0.1) is 18.8 Å². The van der Waals surface area contributed by atoms with Crippen molar-refractivity contribution in [1.29, 1.82) is 0 Å². The minimum atomic E-state index is -1.00. The lowest BCUT2D eigenvalue weighted by Gasteiger charge is -2.14. The van der Waals surface area contributed by atoms with Crippen molar-refractivity contribution in [3.8, 4) is 0 Å². The average Bonchev–Trinajstić information content (AvgIpc) is 2.71. The fourth-order valence-electron chi connectivity index (χ4n) is 1.23. The van der Waals surface area contributed by atoms with Gasteiger partial charge in [0.1, 0.15) is 12.2 Å². The third kappa shape index (κ3) is 4.13. The molecule has 8 nitrogen and oxygen atoms in total. The van der Waals surface area contributed by atoms with Gasteiger partial charge in [0.25, 0.3) is 0 Å². The van der Waals surface area contributed by atoms with Crippen LogP contribution in [0.3, 0.4) is 0 Å². The molecular formula is C10H17N5O3. The first-order chi connectivity index (χ1) is 8.40. The predicted molar refractivity (Wildman–Crippen MR) is 62.3 cm³/mol. The summed E-state index contributed by atoms with van der Waals surface area (Å²) in [7, 11) is 0. The molecule has 0 aliphatic heterocycles. The smallest absolute Gasteiger partial charge is 0.325 e. The molecule has 18 heavy (non-hydrogen) atoms. The maximum atomic E-state index is 11.6. The van der Waals surface area contributed by atoms with Gasteiger partial charge < -0.3 is 16.2 Å². The van der Waals surface area contributed by atoms with Crippen molar-refractivity contribution in [2.24, 2.45) is 11.7 Å². The van der Waals surface area contributed by atoms with Gasteiger partial charge >= 0.3 is 5.97 Å². The maximum absolute atomic E-state index is 11.6. The zero-order valence-electron chi connectivity index (χ0n) is 10.3. The van der Waals surface area contributed by atoms with E-state index >= 15 is 0 Å². The summed E-state index contributed by atoms with van der Waals surface area (Å²) in [5, 5.41) is 18.5. The van der Waals surface area contributed by atoms with Crippen molar-refractivity contribution >= 4 is 11.9 Å². The van der Waals surface area contributed by atoms with Gasteiger partial charge in [-0.05, 0) is 5.92 Å². The number of carboxylic acids is 1. The van der Waals surface area contributed by atoms with Gasteiger partial charge in [-0.15, -0.1) is 5.10 Å². The number of nitrogens with two attached hydrogens (primary N) is 1. The number of hydrogen-bond donors (Lipinski definition) is 3. The number of carboxylic acid groups (broad SMARTS) is 1. The molecule has 0 aromatic carbocycles. The summed E-state index contributed by atoms with van der Waals surface area (Å²) in [6, 6.07) is -0.570. The van der Waals surface area contributed by atoms with Crippen molar-refractivity contribution in [2.45, 2.75) is 33.0 Å². The summed E-state index contributed by atoms with van der Waals surface area (Å²) >= 11 is 0. The van der Waals surface area contributed by atoms with Crippen LogP contribution in [0.25, 0.3) is 0 Å². The number of nitrogens with one attached hydrogen (secondary N) is 1. The molecular weight excluding hydrogens is 238 g/mol. The van der Waals surface area contributed by atoms with Crippen LogP contribution in [0.1, 0.15) is 19.5 Å². The summed E-state index contributed by atoms with van der Waals surface area (Å²) in [6.07, 6.45) is 1.47. The number of carbonyl (C=O) groups is 2. The second kappa shape index (κ2) is 6.10. The Balaban J connectivity index is 2.46. The molecule has 4 N–H and O–H groups in total. The summed E-state index contributed by atoms with van der Waals surface area (Å²) in [5.41, 5.74) is 6.15. The molecule has 1 heterocycles. The van der Waals surface area contributed by atoms with E-state index in [9.17, 15) is 9.59 Å².